The molecule has 120 valence electrons. The zero-order valence-electron chi connectivity index (χ0n) is 13.8. The molecule has 0 aromatic carbocycles. The van der Waals surface area contributed by atoms with E-state index in [2.05, 4.69) is 63.6 Å². The van der Waals surface area contributed by atoms with Crippen LogP contribution in [0.2, 0.25) is 0 Å². The lowest BCUT2D eigenvalue weighted by Gasteiger charge is -2.33. The Bertz CT molecular complexity index is 455. The van der Waals surface area contributed by atoms with Crippen LogP contribution in [0.4, 0.5) is 0 Å². The minimum Gasteiger partial charge on any atom is -0.314 e. The zero-order chi connectivity index (χ0) is 15.4. The quantitative estimate of drug-likeness (QED) is 0.849. The third kappa shape index (κ3) is 4.54. The van der Waals surface area contributed by atoms with E-state index in [-0.39, 0.29) is 0 Å². The lowest BCUT2D eigenvalue weighted by molar-refractivity contribution is 0.160. The molecule has 2 heterocycles. The van der Waals surface area contributed by atoms with E-state index >= 15 is 0 Å². The molecule has 1 fully saturated rings. The van der Waals surface area contributed by atoms with Gasteiger partial charge in [-0.05, 0) is 61.6 Å². The van der Waals surface area contributed by atoms with Gasteiger partial charge < -0.3 is 5.32 Å². The first kappa shape index (κ1) is 17.0. The maximum atomic E-state index is 4.60. The smallest absolute Gasteiger partial charge is 0.0739 e. The minimum absolute atomic E-state index is 0.582. The molecule has 1 aromatic rings. The molecule has 0 amide bonds. The minimum atomic E-state index is 0.582. The van der Waals surface area contributed by atoms with E-state index in [1.807, 2.05) is 0 Å². The zero-order valence-corrected chi connectivity index (χ0v) is 15.4. The molecule has 2 rings (SSSR count). The van der Waals surface area contributed by atoms with Crippen LogP contribution in [0, 0.1) is 12.8 Å². The first-order chi connectivity index (χ1) is 10.0. The van der Waals surface area contributed by atoms with E-state index in [0.29, 0.717) is 6.04 Å². The Balaban J connectivity index is 1.96. The molecule has 1 aliphatic heterocycles. The number of hydrogen-bond acceptors (Lipinski definition) is 3. The number of likely N-dealkylation sites (tertiary alicyclic amines) is 1. The molecule has 0 saturated carbocycles. The van der Waals surface area contributed by atoms with Gasteiger partial charge in [-0.3, -0.25) is 9.58 Å². The normalized spacial score (nSPS) is 20.4. The van der Waals surface area contributed by atoms with Gasteiger partial charge in [0.15, 0.2) is 0 Å². The molecule has 0 aliphatic carbocycles. The van der Waals surface area contributed by atoms with Crippen molar-refractivity contribution >= 4 is 15.9 Å². The number of nitrogens with zero attached hydrogens (tertiary/aromatic N) is 3. The Morgan fingerprint density at radius 1 is 1.43 bits per heavy atom. The maximum Gasteiger partial charge on any atom is 0.0739 e. The van der Waals surface area contributed by atoms with Gasteiger partial charge in [0.2, 0.25) is 0 Å². The monoisotopic (exact) mass is 356 g/mol. The summed E-state index contributed by atoms with van der Waals surface area (Å²) in [5.74, 6) is 0.777. The third-order valence-electron chi connectivity index (χ3n) is 4.24. The van der Waals surface area contributed by atoms with Crippen molar-refractivity contribution in [2.45, 2.75) is 59.7 Å². The second kappa shape index (κ2) is 7.75. The summed E-state index contributed by atoms with van der Waals surface area (Å²) in [6.07, 6.45) is 2.66. The lowest BCUT2D eigenvalue weighted by Crippen LogP contribution is -2.40. The van der Waals surface area contributed by atoms with Gasteiger partial charge in [0.1, 0.15) is 0 Å². The molecule has 4 nitrogen and oxygen atoms in total. The molecule has 1 saturated heterocycles. The molecule has 5 heteroatoms. The number of halogens is 1. The van der Waals surface area contributed by atoms with Gasteiger partial charge in [-0.25, -0.2) is 0 Å². The van der Waals surface area contributed by atoms with Crippen LogP contribution in [0.3, 0.4) is 0 Å². The van der Waals surface area contributed by atoms with Crippen molar-refractivity contribution in [1.82, 2.24) is 20.0 Å². The van der Waals surface area contributed by atoms with Crippen molar-refractivity contribution in [3.8, 4) is 0 Å². The second-order valence-electron chi connectivity index (χ2n) is 6.47. The summed E-state index contributed by atoms with van der Waals surface area (Å²) < 4.78 is 3.32. The summed E-state index contributed by atoms with van der Waals surface area (Å²) >= 11 is 3.71. The van der Waals surface area contributed by atoms with Crippen molar-refractivity contribution in [3.63, 3.8) is 0 Å². The Kier molecular flexibility index (Phi) is 6.26. The van der Waals surface area contributed by atoms with Crippen LogP contribution in [0.5, 0.6) is 0 Å². The summed E-state index contributed by atoms with van der Waals surface area (Å²) in [6, 6.07) is 0.582. The van der Waals surface area contributed by atoms with Gasteiger partial charge in [-0.15, -0.1) is 0 Å². The summed E-state index contributed by atoms with van der Waals surface area (Å²) in [4.78, 5) is 2.59. The first-order valence-electron chi connectivity index (χ1n) is 8.18. The summed E-state index contributed by atoms with van der Waals surface area (Å²) in [6.45, 7) is 14.2. The summed E-state index contributed by atoms with van der Waals surface area (Å²) in [5, 5.41) is 8.19. The molecule has 1 atom stereocenters. The highest BCUT2D eigenvalue weighted by molar-refractivity contribution is 9.10. The van der Waals surface area contributed by atoms with E-state index in [4.69, 9.17) is 0 Å². The van der Waals surface area contributed by atoms with Gasteiger partial charge in [-0.1, -0.05) is 13.8 Å². The third-order valence-corrected chi connectivity index (χ3v) is 5.28. The number of hydrogen-bond donors (Lipinski definition) is 1. The largest absolute Gasteiger partial charge is 0.314 e. The van der Waals surface area contributed by atoms with Gasteiger partial charge in [0.05, 0.1) is 15.9 Å². The van der Waals surface area contributed by atoms with E-state index in [1.54, 1.807) is 0 Å². The van der Waals surface area contributed by atoms with Crippen LogP contribution in [0.1, 0.15) is 45.0 Å². The Morgan fingerprint density at radius 2 is 2.19 bits per heavy atom. The van der Waals surface area contributed by atoms with E-state index < -0.39 is 0 Å². The topological polar surface area (TPSA) is 33.1 Å². The van der Waals surface area contributed by atoms with Crippen molar-refractivity contribution in [2.24, 2.45) is 5.92 Å². The Hall–Kier alpha value is -0.390. The molecular weight excluding hydrogens is 328 g/mol. The Labute approximate surface area is 137 Å². The number of rotatable bonds is 6. The molecule has 21 heavy (non-hydrogen) atoms. The predicted octanol–water partition coefficient (Wildman–Crippen LogP) is 3.18. The van der Waals surface area contributed by atoms with Crippen LogP contribution in [0.25, 0.3) is 0 Å². The van der Waals surface area contributed by atoms with Gasteiger partial charge in [0, 0.05) is 25.7 Å². The summed E-state index contributed by atoms with van der Waals surface area (Å²) in [7, 11) is 0. The highest BCUT2D eigenvalue weighted by Crippen LogP contribution is 2.25. The van der Waals surface area contributed by atoms with Crippen molar-refractivity contribution in [3.05, 3.63) is 15.9 Å². The number of piperidine rings is 1. The highest BCUT2D eigenvalue weighted by atomic mass is 79.9. The second-order valence-corrected chi connectivity index (χ2v) is 7.26. The number of aromatic nitrogens is 2. The highest BCUT2D eigenvalue weighted by Gasteiger charge is 2.22. The molecular formula is C16H29BrN4. The van der Waals surface area contributed by atoms with Crippen molar-refractivity contribution in [2.75, 3.05) is 19.6 Å². The van der Waals surface area contributed by atoms with Gasteiger partial charge in [0.25, 0.3) is 0 Å². The SMILES string of the molecule is CCn1nc(C)c(Br)c1CN1CCCC(CNC(C)C)C1. The fourth-order valence-corrected chi connectivity index (χ4v) is 3.51. The molecule has 1 aromatic heterocycles. The first-order valence-corrected chi connectivity index (χ1v) is 8.98. The number of nitrogens with one attached hydrogen (secondary N) is 1. The van der Waals surface area contributed by atoms with Crippen molar-refractivity contribution < 1.29 is 0 Å². The molecule has 0 bridgehead atoms. The molecule has 0 spiro atoms. The van der Waals surface area contributed by atoms with Crippen LogP contribution in [-0.4, -0.2) is 40.4 Å². The number of aryl methyl sites for hydroxylation is 2. The van der Waals surface area contributed by atoms with E-state index in [1.165, 1.54) is 36.1 Å². The molecule has 1 aliphatic rings. The fourth-order valence-electron chi connectivity index (χ4n) is 3.10. The van der Waals surface area contributed by atoms with Crippen LogP contribution >= 0.6 is 15.9 Å². The Morgan fingerprint density at radius 3 is 2.86 bits per heavy atom. The molecule has 0 radical (unpaired) electrons. The van der Waals surface area contributed by atoms with Gasteiger partial charge >= 0.3 is 0 Å². The summed E-state index contributed by atoms with van der Waals surface area (Å²) in [5.41, 5.74) is 2.43. The molecule has 1 unspecified atom stereocenters. The van der Waals surface area contributed by atoms with Gasteiger partial charge in [-0.2, -0.15) is 5.10 Å². The van der Waals surface area contributed by atoms with Crippen LogP contribution < -0.4 is 5.32 Å². The maximum absolute atomic E-state index is 4.60. The average molecular weight is 357 g/mol. The van der Waals surface area contributed by atoms with E-state index in [0.717, 1.165) is 31.2 Å². The van der Waals surface area contributed by atoms with E-state index in [9.17, 15) is 0 Å². The van der Waals surface area contributed by atoms with Crippen LogP contribution in [0.15, 0.2) is 4.47 Å². The lowest BCUT2D eigenvalue weighted by atomic mass is 9.97. The van der Waals surface area contributed by atoms with Crippen molar-refractivity contribution in [1.29, 1.82) is 0 Å². The predicted molar refractivity (Wildman–Crippen MR) is 91.5 cm³/mol. The molecule has 1 N–H and O–H groups in total. The fraction of sp³-hybridized carbons (Fsp3) is 0.812. The average Bonchev–Trinajstić information content (AvgIpc) is 2.73. The van der Waals surface area contributed by atoms with Crippen LogP contribution in [-0.2, 0) is 13.1 Å². The standard InChI is InChI=1S/C16H29BrN4/c1-5-21-15(16(17)13(4)19-21)11-20-8-6-7-14(10-20)9-18-12(2)3/h12,14,18H,5-11H2,1-4H3.